The molecule has 5 nitrogen and oxygen atoms in total. The van der Waals surface area contributed by atoms with E-state index in [0.717, 1.165) is 56.0 Å². The highest BCUT2D eigenvalue weighted by molar-refractivity contribution is 5.78. The molecule has 8 bridgehead atoms. The van der Waals surface area contributed by atoms with E-state index in [1.165, 1.54) is 0 Å². The predicted molar refractivity (Wildman–Crippen MR) is 130 cm³/mol. The minimum absolute atomic E-state index is 0.301. The Balaban J connectivity index is 1.60. The number of phenols is 1. The molecule has 4 aromatic rings. The summed E-state index contributed by atoms with van der Waals surface area (Å²) in [5.74, 6) is 0.301. The van der Waals surface area contributed by atoms with Gasteiger partial charge in [0, 0.05) is 28.5 Å². The summed E-state index contributed by atoms with van der Waals surface area (Å²) < 4.78 is 0. The molecule has 2 aliphatic heterocycles. The van der Waals surface area contributed by atoms with Crippen LogP contribution in [0.15, 0.2) is 66.7 Å². The summed E-state index contributed by atoms with van der Waals surface area (Å²) in [7, 11) is 0. The van der Waals surface area contributed by atoms with Crippen LogP contribution in [0.1, 0.15) is 33.9 Å². The molecule has 154 valence electrons. The number of benzene rings is 1. The molecule has 3 N–H and O–H groups in total. The fourth-order valence-electron chi connectivity index (χ4n) is 4.09. The number of aromatic nitrogens is 4. The molecular weight excluding hydrogens is 396 g/mol. The van der Waals surface area contributed by atoms with Gasteiger partial charge >= 0.3 is 0 Å². The van der Waals surface area contributed by atoms with Crippen LogP contribution < -0.4 is 0 Å². The molecule has 32 heavy (non-hydrogen) atoms. The van der Waals surface area contributed by atoms with Crippen molar-refractivity contribution in [2.45, 2.75) is 6.42 Å². The van der Waals surface area contributed by atoms with Crippen molar-refractivity contribution in [3.8, 4) is 5.75 Å². The van der Waals surface area contributed by atoms with Gasteiger partial charge in [-0.25, -0.2) is 9.97 Å². The van der Waals surface area contributed by atoms with Crippen LogP contribution in [0, 0.1) is 0 Å². The van der Waals surface area contributed by atoms with E-state index in [4.69, 9.17) is 9.97 Å². The second-order valence-corrected chi connectivity index (χ2v) is 8.01. The Kier molecular flexibility index (Phi) is 4.25. The lowest BCUT2D eigenvalue weighted by Crippen LogP contribution is -1.87. The minimum Gasteiger partial charge on any atom is -0.508 e. The first kappa shape index (κ1) is 18.4. The molecule has 5 heteroatoms. The number of fused-ring (bicyclic) bond motifs is 8. The third-order valence-electron chi connectivity index (χ3n) is 5.63. The fraction of sp³-hybridized carbons (Fsp3) is 0.0370. The molecule has 0 aliphatic carbocycles. The number of hydrogen-bond acceptors (Lipinski definition) is 3. The van der Waals surface area contributed by atoms with Gasteiger partial charge in [-0.3, -0.25) is 0 Å². The Labute approximate surface area is 184 Å². The third kappa shape index (κ3) is 3.61. The number of H-pyrrole nitrogens is 2. The molecule has 0 radical (unpaired) electrons. The maximum Gasteiger partial charge on any atom is 0.119 e. The van der Waals surface area contributed by atoms with Crippen molar-refractivity contribution in [1.82, 2.24) is 19.9 Å². The van der Waals surface area contributed by atoms with Crippen LogP contribution in [-0.2, 0) is 6.42 Å². The highest BCUT2D eigenvalue weighted by Gasteiger charge is 2.08. The summed E-state index contributed by atoms with van der Waals surface area (Å²) in [5.41, 5.74) is 9.45. The molecule has 6 rings (SSSR count). The molecule has 0 saturated carbocycles. The topological polar surface area (TPSA) is 77.6 Å². The first-order chi connectivity index (χ1) is 15.7. The van der Waals surface area contributed by atoms with E-state index >= 15 is 0 Å². The first-order valence-electron chi connectivity index (χ1n) is 10.5. The second-order valence-electron chi connectivity index (χ2n) is 8.01. The summed E-state index contributed by atoms with van der Waals surface area (Å²) in [6, 6.07) is 21.8. The van der Waals surface area contributed by atoms with Gasteiger partial charge in [0.25, 0.3) is 0 Å². The van der Waals surface area contributed by atoms with Crippen LogP contribution in [0.2, 0.25) is 0 Å². The monoisotopic (exact) mass is 416 g/mol. The van der Waals surface area contributed by atoms with Crippen molar-refractivity contribution in [1.29, 1.82) is 0 Å². The zero-order valence-corrected chi connectivity index (χ0v) is 17.2. The highest BCUT2D eigenvalue weighted by Crippen LogP contribution is 2.25. The first-order valence-corrected chi connectivity index (χ1v) is 10.5. The van der Waals surface area contributed by atoms with E-state index in [9.17, 15) is 5.11 Å². The molecule has 0 atom stereocenters. The van der Waals surface area contributed by atoms with Gasteiger partial charge in [-0.15, -0.1) is 0 Å². The van der Waals surface area contributed by atoms with Gasteiger partial charge in [0.1, 0.15) is 5.75 Å². The third-order valence-corrected chi connectivity index (χ3v) is 5.63. The number of aromatic hydroxyl groups is 1. The molecule has 0 amide bonds. The summed E-state index contributed by atoms with van der Waals surface area (Å²) >= 11 is 0. The maximum absolute atomic E-state index is 10.3. The van der Waals surface area contributed by atoms with Gasteiger partial charge in [0.2, 0.25) is 0 Å². The molecule has 1 aromatic carbocycles. The minimum atomic E-state index is 0.301. The van der Waals surface area contributed by atoms with Crippen molar-refractivity contribution < 1.29 is 5.11 Å². The molecule has 5 heterocycles. The standard InChI is InChI=1S/C27H20N4O/c32-27-4-2-1-3-17(27)11-18-12-25-15-23-8-7-21(29-23)13-19-5-6-20(28-19)14-22-9-10-24(30-22)16-26(18)31-25/h1-10,12-16,28,31-32H,11H2. The largest absolute Gasteiger partial charge is 0.508 e. The number of hydrogen-bond donors (Lipinski definition) is 3. The number of phenolic OH excluding ortho intramolecular Hbond substituents is 1. The van der Waals surface area contributed by atoms with Crippen molar-refractivity contribution in [2.24, 2.45) is 0 Å². The van der Waals surface area contributed by atoms with E-state index in [2.05, 4.69) is 16.0 Å². The average molecular weight is 416 g/mol. The number of para-hydroxylation sites is 1. The second kappa shape index (κ2) is 7.39. The van der Waals surface area contributed by atoms with E-state index in [1.807, 2.05) is 78.9 Å². The highest BCUT2D eigenvalue weighted by atomic mass is 16.3. The van der Waals surface area contributed by atoms with E-state index in [-0.39, 0.29) is 0 Å². The van der Waals surface area contributed by atoms with Crippen LogP contribution in [0.3, 0.4) is 0 Å². The number of rotatable bonds is 2. The molecule has 2 aliphatic rings. The van der Waals surface area contributed by atoms with Crippen molar-refractivity contribution in [3.63, 3.8) is 0 Å². The zero-order valence-electron chi connectivity index (χ0n) is 17.2. The molecule has 0 unspecified atom stereocenters. The Hall–Kier alpha value is -4.38. The molecule has 0 spiro atoms. The predicted octanol–water partition coefficient (Wildman–Crippen LogP) is 5.95. The van der Waals surface area contributed by atoms with Crippen LogP contribution in [0.4, 0.5) is 0 Å². The molecular formula is C27H20N4O. The molecule has 0 saturated heterocycles. The van der Waals surface area contributed by atoms with Crippen molar-refractivity contribution in [3.05, 3.63) is 101 Å². The summed E-state index contributed by atoms with van der Waals surface area (Å²) in [5, 5.41) is 10.3. The molecule has 3 aromatic heterocycles. The number of nitrogens with one attached hydrogen (secondary N) is 2. The van der Waals surface area contributed by atoms with Gasteiger partial charge in [0.05, 0.1) is 22.8 Å². The van der Waals surface area contributed by atoms with Gasteiger partial charge in [-0.1, -0.05) is 18.2 Å². The normalized spacial score (nSPS) is 12.4. The van der Waals surface area contributed by atoms with Crippen LogP contribution in [0.25, 0.3) is 46.4 Å². The van der Waals surface area contributed by atoms with Gasteiger partial charge in [-0.05, 0) is 84.0 Å². The van der Waals surface area contributed by atoms with Crippen LogP contribution >= 0.6 is 0 Å². The van der Waals surface area contributed by atoms with Crippen LogP contribution in [0.5, 0.6) is 5.75 Å². The van der Waals surface area contributed by atoms with Crippen molar-refractivity contribution in [2.75, 3.05) is 0 Å². The van der Waals surface area contributed by atoms with E-state index in [1.54, 1.807) is 6.07 Å². The van der Waals surface area contributed by atoms with Gasteiger partial charge in [0.15, 0.2) is 0 Å². The Bertz CT molecular complexity index is 1570. The maximum atomic E-state index is 10.3. The molecule has 0 fully saturated rings. The summed E-state index contributed by atoms with van der Waals surface area (Å²) in [6.07, 6.45) is 8.66. The fourth-order valence-corrected chi connectivity index (χ4v) is 4.09. The number of nitrogens with zero attached hydrogens (tertiary/aromatic N) is 2. The average Bonchev–Trinajstić information content (AvgIpc) is 3.56. The SMILES string of the molecule is Oc1ccccc1Cc1cc2cc3nc(cc4ccc(cc5nc(cc1[nH]2)C=C5)[nH]4)C=C3. The lowest BCUT2D eigenvalue weighted by atomic mass is 10.0. The van der Waals surface area contributed by atoms with Crippen molar-refractivity contribution >= 4 is 46.4 Å². The Morgan fingerprint density at radius 1 is 0.594 bits per heavy atom. The van der Waals surface area contributed by atoms with Gasteiger partial charge < -0.3 is 15.1 Å². The quantitative estimate of drug-likeness (QED) is 0.326. The Morgan fingerprint density at radius 2 is 1.19 bits per heavy atom. The Morgan fingerprint density at radius 3 is 1.84 bits per heavy atom. The summed E-state index contributed by atoms with van der Waals surface area (Å²) in [6.45, 7) is 0. The van der Waals surface area contributed by atoms with Crippen LogP contribution in [-0.4, -0.2) is 25.0 Å². The number of aromatic amines is 2. The lowest BCUT2D eigenvalue weighted by molar-refractivity contribution is 0.469. The summed E-state index contributed by atoms with van der Waals surface area (Å²) in [4.78, 5) is 16.4. The van der Waals surface area contributed by atoms with E-state index < -0.39 is 0 Å². The zero-order chi connectivity index (χ0) is 21.5. The lowest BCUT2D eigenvalue weighted by Gasteiger charge is -2.02. The van der Waals surface area contributed by atoms with E-state index in [0.29, 0.717) is 12.2 Å². The van der Waals surface area contributed by atoms with Gasteiger partial charge in [-0.2, -0.15) is 0 Å². The smallest absolute Gasteiger partial charge is 0.119 e.